The Bertz CT molecular complexity index is 365. The van der Waals surface area contributed by atoms with Gasteiger partial charge in [0.15, 0.2) is 0 Å². The van der Waals surface area contributed by atoms with Crippen LogP contribution in [-0.4, -0.2) is 6.26 Å². The van der Waals surface area contributed by atoms with Gasteiger partial charge in [0.2, 0.25) is 0 Å². The van der Waals surface area contributed by atoms with Crippen molar-refractivity contribution >= 4 is 29.1 Å². The number of hydrogen-bond donors (Lipinski definition) is 1. The van der Waals surface area contributed by atoms with E-state index in [2.05, 4.69) is 5.32 Å². The summed E-state index contributed by atoms with van der Waals surface area (Å²) in [7, 11) is 0. The molecule has 0 aliphatic heterocycles. The summed E-state index contributed by atoms with van der Waals surface area (Å²) in [6.07, 6.45) is 3.38. The number of nitriles is 1. The fourth-order valence-corrected chi connectivity index (χ4v) is 1.40. The molecular formula is C10H9ClN2S. The molecule has 0 saturated carbocycles. The maximum atomic E-state index is 8.49. The van der Waals surface area contributed by atoms with Gasteiger partial charge in [-0.1, -0.05) is 11.6 Å². The molecule has 0 fully saturated rings. The lowest BCUT2D eigenvalue weighted by molar-refractivity contribution is 1.51. The van der Waals surface area contributed by atoms with E-state index in [-0.39, 0.29) is 0 Å². The lowest BCUT2D eigenvalue weighted by Gasteiger charge is -2.06. The van der Waals surface area contributed by atoms with E-state index in [1.807, 2.05) is 24.5 Å². The molecule has 0 atom stereocenters. The van der Waals surface area contributed by atoms with Crippen LogP contribution >= 0.6 is 23.4 Å². The number of hydrogen-bond acceptors (Lipinski definition) is 3. The molecule has 14 heavy (non-hydrogen) atoms. The van der Waals surface area contributed by atoms with Crippen molar-refractivity contribution in [3.63, 3.8) is 0 Å². The van der Waals surface area contributed by atoms with Gasteiger partial charge in [-0.25, -0.2) is 0 Å². The molecule has 0 heterocycles. The Morgan fingerprint density at radius 2 is 2.14 bits per heavy atom. The minimum Gasteiger partial charge on any atom is -0.350 e. The molecule has 1 aromatic carbocycles. The standard InChI is InChI=1S/C10H9ClN2S/c1-14-10(6-7-12)13-9-4-2-8(11)3-5-9/h2-6,13H,1H3. The predicted octanol–water partition coefficient (Wildman–Crippen LogP) is 3.48. The average Bonchev–Trinajstić information content (AvgIpc) is 2.20. The highest BCUT2D eigenvalue weighted by molar-refractivity contribution is 8.02. The van der Waals surface area contributed by atoms with E-state index in [1.165, 1.54) is 17.8 Å². The van der Waals surface area contributed by atoms with Gasteiger partial charge in [-0.2, -0.15) is 5.26 Å². The normalized spacial score (nSPS) is 10.8. The van der Waals surface area contributed by atoms with Gasteiger partial charge in [0.1, 0.15) is 0 Å². The van der Waals surface area contributed by atoms with Gasteiger partial charge in [0, 0.05) is 16.8 Å². The van der Waals surface area contributed by atoms with E-state index < -0.39 is 0 Å². The Balaban J connectivity index is 2.74. The van der Waals surface area contributed by atoms with E-state index >= 15 is 0 Å². The SMILES string of the molecule is CSC(=CC#N)Nc1ccc(Cl)cc1. The molecule has 1 N–H and O–H groups in total. The van der Waals surface area contributed by atoms with Gasteiger partial charge >= 0.3 is 0 Å². The van der Waals surface area contributed by atoms with Gasteiger partial charge in [-0.15, -0.1) is 11.8 Å². The van der Waals surface area contributed by atoms with Crippen molar-refractivity contribution in [1.29, 1.82) is 5.26 Å². The number of nitrogens with one attached hydrogen (secondary N) is 1. The van der Waals surface area contributed by atoms with E-state index in [4.69, 9.17) is 16.9 Å². The minimum absolute atomic E-state index is 0.700. The zero-order chi connectivity index (χ0) is 10.4. The average molecular weight is 225 g/mol. The molecule has 1 aromatic rings. The zero-order valence-electron chi connectivity index (χ0n) is 7.62. The number of anilines is 1. The van der Waals surface area contributed by atoms with Crippen LogP contribution in [0.25, 0.3) is 0 Å². The van der Waals surface area contributed by atoms with Crippen LogP contribution in [0.2, 0.25) is 5.02 Å². The Hall–Kier alpha value is -1.11. The summed E-state index contributed by atoms with van der Waals surface area (Å²) in [6.45, 7) is 0. The van der Waals surface area contributed by atoms with Crippen LogP contribution in [0, 0.1) is 11.3 Å². The van der Waals surface area contributed by atoms with Gasteiger partial charge in [-0.3, -0.25) is 0 Å². The first kappa shape index (κ1) is 11.0. The molecule has 0 bridgehead atoms. The van der Waals surface area contributed by atoms with Crippen LogP contribution in [-0.2, 0) is 0 Å². The topological polar surface area (TPSA) is 35.8 Å². The van der Waals surface area contributed by atoms with Crippen molar-refractivity contribution < 1.29 is 0 Å². The quantitative estimate of drug-likeness (QED) is 0.799. The smallest absolute Gasteiger partial charge is 0.0939 e. The van der Waals surface area contributed by atoms with Crippen molar-refractivity contribution in [2.45, 2.75) is 0 Å². The monoisotopic (exact) mass is 224 g/mol. The molecule has 0 saturated heterocycles. The molecule has 2 nitrogen and oxygen atoms in total. The van der Waals surface area contributed by atoms with Crippen LogP contribution in [0.4, 0.5) is 5.69 Å². The molecule has 4 heteroatoms. The Labute approximate surface area is 92.6 Å². The number of thioether (sulfide) groups is 1. The second-order valence-electron chi connectivity index (χ2n) is 2.47. The first-order valence-electron chi connectivity index (χ1n) is 3.92. The molecule has 72 valence electrons. The first-order chi connectivity index (χ1) is 6.76. The summed E-state index contributed by atoms with van der Waals surface area (Å²) in [6, 6.07) is 9.31. The fraction of sp³-hybridized carbons (Fsp3) is 0.100. The van der Waals surface area contributed by atoms with Gasteiger partial charge < -0.3 is 5.32 Å². The van der Waals surface area contributed by atoms with Crippen LogP contribution in [0.5, 0.6) is 0 Å². The molecule has 0 aliphatic rings. The van der Waals surface area contributed by atoms with E-state index in [1.54, 1.807) is 12.1 Å². The van der Waals surface area contributed by atoms with Crippen molar-refractivity contribution in [1.82, 2.24) is 0 Å². The molecule has 0 aliphatic carbocycles. The summed E-state index contributed by atoms with van der Waals surface area (Å²) in [5, 5.41) is 13.1. The first-order valence-corrected chi connectivity index (χ1v) is 5.53. The van der Waals surface area contributed by atoms with Crippen molar-refractivity contribution in [3.8, 4) is 6.07 Å². The van der Waals surface area contributed by atoms with Crippen LogP contribution in [0.15, 0.2) is 35.4 Å². The highest BCUT2D eigenvalue weighted by Gasteiger charge is 1.95. The number of allylic oxidation sites excluding steroid dienone is 1. The third kappa shape index (κ3) is 3.33. The van der Waals surface area contributed by atoms with Crippen molar-refractivity contribution in [2.24, 2.45) is 0 Å². The third-order valence-electron chi connectivity index (χ3n) is 1.53. The Kier molecular flexibility index (Phi) is 4.37. The highest BCUT2D eigenvalue weighted by Crippen LogP contribution is 2.18. The van der Waals surface area contributed by atoms with E-state index in [9.17, 15) is 0 Å². The fourth-order valence-electron chi connectivity index (χ4n) is 0.880. The summed E-state index contributed by atoms with van der Waals surface area (Å²) in [5.74, 6) is 0. The number of rotatable bonds is 3. The maximum Gasteiger partial charge on any atom is 0.0939 e. The summed E-state index contributed by atoms with van der Waals surface area (Å²) < 4.78 is 0. The van der Waals surface area contributed by atoms with E-state index in [0.29, 0.717) is 5.02 Å². The van der Waals surface area contributed by atoms with Crippen LogP contribution in [0.1, 0.15) is 0 Å². The summed E-state index contributed by atoms with van der Waals surface area (Å²) >= 11 is 7.23. The molecule has 0 unspecified atom stereocenters. The van der Waals surface area contributed by atoms with Gasteiger partial charge in [-0.05, 0) is 30.5 Å². The lowest BCUT2D eigenvalue weighted by Crippen LogP contribution is -1.94. The molecule has 0 radical (unpaired) electrons. The number of benzene rings is 1. The molecular weight excluding hydrogens is 216 g/mol. The van der Waals surface area contributed by atoms with Crippen LogP contribution in [0.3, 0.4) is 0 Å². The summed E-state index contributed by atoms with van der Waals surface area (Å²) in [5.41, 5.74) is 0.922. The van der Waals surface area contributed by atoms with E-state index in [0.717, 1.165) is 10.7 Å². The lowest BCUT2D eigenvalue weighted by atomic mass is 10.3. The zero-order valence-corrected chi connectivity index (χ0v) is 9.19. The third-order valence-corrected chi connectivity index (χ3v) is 2.44. The Morgan fingerprint density at radius 3 is 2.64 bits per heavy atom. The second-order valence-corrected chi connectivity index (χ2v) is 3.76. The van der Waals surface area contributed by atoms with Crippen molar-refractivity contribution in [2.75, 3.05) is 11.6 Å². The highest BCUT2D eigenvalue weighted by atomic mass is 35.5. The number of nitrogens with zero attached hydrogens (tertiary/aromatic N) is 1. The van der Waals surface area contributed by atoms with Crippen molar-refractivity contribution in [3.05, 3.63) is 40.4 Å². The predicted molar refractivity (Wildman–Crippen MR) is 62.3 cm³/mol. The Morgan fingerprint density at radius 1 is 1.50 bits per heavy atom. The molecule has 1 rings (SSSR count). The number of halogens is 1. The molecule has 0 amide bonds. The second kappa shape index (κ2) is 5.58. The maximum absolute atomic E-state index is 8.49. The van der Waals surface area contributed by atoms with Crippen LogP contribution < -0.4 is 5.32 Å². The summed E-state index contributed by atoms with van der Waals surface area (Å²) in [4.78, 5) is 0. The minimum atomic E-state index is 0.700. The molecule has 0 spiro atoms. The van der Waals surface area contributed by atoms with Gasteiger partial charge in [0.05, 0.1) is 11.1 Å². The molecule has 0 aromatic heterocycles. The largest absolute Gasteiger partial charge is 0.350 e. The van der Waals surface area contributed by atoms with Gasteiger partial charge in [0.25, 0.3) is 0 Å².